The number of carbonyl (C=O) groups excluding carboxylic acids is 1. The number of ether oxygens (including phenoxy) is 1. The SMILES string of the molecule is Cl.NCC1(C(=O)NCc2ccc(F)cc2)CCOCC1. The third kappa shape index (κ3) is 3.91. The quantitative estimate of drug-likeness (QED) is 0.888. The molecule has 1 heterocycles. The zero-order valence-corrected chi connectivity index (χ0v) is 12.0. The summed E-state index contributed by atoms with van der Waals surface area (Å²) in [6.07, 6.45) is 1.30. The molecule has 1 aromatic rings. The number of nitrogens with one attached hydrogen (secondary N) is 1. The van der Waals surface area contributed by atoms with Crippen molar-refractivity contribution >= 4 is 18.3 Å². The maximum Gasteiger partial charge on any atom is 0.227 e. The number of benzene rings is 1. The van der Waals surface area contributed by atoms with E-state index < -0.39 is 5.41 Å². The molecule has 0 atom stereocenters. The van der Waals surface area contributed by atoms with Crippen LogP contribution < -0.4 is 11.1 Å². The van der Waals surface area contributed by atoms with Crippen molar-refractivity contribution in [3.8, 4) is 0 Å². The van der Waals surface area contributed by atoms with Crippen molar-refractivity contribution in [3.63, 3.8) is 0 Å². The molecule has 1 saturated heterocycles. The Labute approximate surface area is 124 Å². The van der Waals surface area contributed by atoms with Gasteiger partial charge in [-0.1, -0.05) is 12.1 Å². The molecule has 4 nitrogen and oxygen atoms in total. The fraction of sp³-hybridized carbons (Fsp3) is 0.500. The largest absolute Gasteiger partial charge is 0.381 e. The highest BCUT2D eigenvalue weighted by atomic mass is 35.5. The Kier molecular flexibility index (Phi) is 6.39. The normalized spacial score (nSPS) is 17.1. The van der Waals surface area contributed by atoms with Crippen molar-refractivity contribution in [1.29, 1.82) is 0 Å². The Bertz CT molecular complexity index is 433. The van der Waals surface area contributed by atoms with Crippen LogP contribution in [0, 0.1) is 11.2 Å². The molecule has 1 aliphatic rings. The van der Waals surface area contributed by atoms with Gasteiger partial charge in [-0.2, -0.15) is 0 Å². The lowest BCUT2D eigenvalue weighted by atomic mass is 9.79. The minimum absolute atomic E-state index is 0. The third-order valence-electron chi connectivity index (χ3n) is 3.69. The van der Waals surface area contributed by atoms with Crippen LogP contribution in [0.4, 0.5) is 4.39 Å². The molecule has 0 radical (unpaired) electrons. The lowest BCUT2D eigenvalue weighted by Gasteiger charge is -2.34. The molecule has 0 saturated carbocycles. The van der Waals surface area contributed by atoms with Gasteiger partial charge in [-0.05, 0) is 30.5 Å². The second-order valence-corrected chi connectivity index (χ2v) is 4.91. The Hall–Kier alpha value is -1.17. The summed E-state index contributed by atoms with van der Waals surface area (Å²) in [7, 11) is 0. The first-order valence-corrected chi connectivity index (χ1v) is 6.47. The maximum atomic E-state index is 12.8. The van der Waals surface area contributed by atoms with Gasteiger partial charge < -0.3 is 15.8 Å². The van der Waals surface area contributed by atoms with Gasteiger partial charge in [-0.15, -0.1) is 12.4 Å². The second-order valence-electron chi connectivity index (χ2n) is 4.91. The van der Waals surface area contributed by atoms with E-state index in [1.807, 2.05) is 0 Å². The van der Waals surface area contributed by atoms with E-state index in [4.69, 9.17) is 10.5 Å². The molecule has 1 aliphatic heterocycles. The number of halogens is 2. The zero-order valence-electron chi connectivity index (χ0n) is 11.2. The van der Waals surface area contributed by atoms with Gasteiger partial charge in [0.05, 0.1) is 5.41 Å². The lowest BCUT2D eigenvalue weighted by molar-refractivity contribution is -0.136. The summed E-state index contributed by atoms with van der Waals surface area (Å²) in [6.45, 7) is 1.86. The molecule has 1 fully saturated rings. The van der Waals surface area contributed by atoms with E-state index in [1.54, 1.807) is 12.1 Å². The van der Waals surface area contributed by atoms with E-state index in [0.717, 1.165) is 5.56 Å². The standard InChI is InChI=1S/C14H19FN2O2.ClH/c15-12-3-1-11(2-4-12)9-17-13(18)14(10-16)5-7-19-8-6-14;/h1-4H,5-10,16H2,(H,17,18);1H. The van der Waals surface area contributed by atoms with Gasteiger partial charge in [0.1, 0.15) is 5.82 Å². The Morgan fingerprint density at radius 2 is 1.90 bits per heavy atom. The topological polar surface area (TPSA) is 64.4 Å². The first kappa shape index (κ1) is 16.9. The highest BCUT2D eigenvalue weighted by molar-refractivity contribution is 5.85. The van der Waals surface area contributed by atoms with E-state index in [9.17, 15) is 9.18 Å². The summed E-state index contributed by atoms with van der Waals surface area (Å²) in [4.78, 5) is 12.3. The summed E-state index contributed by atoms with van der Waals surface area (Å²) in [5.41, 5.74) is 6.12. The predicted octanol–water partition coefficient (Wildman–Crippen LogP) is 1.62. The van der Waals surface area contributed by atoms with Crippen molar-refractivity contribution in [2.75, 3.05) is 19.8 Å². The van der Waals surface area contributed by atoms with Gasteiger partial charge in [0.2, 0.25) is 5.91 Å². The van der Waals surface area contributed by atoms with Crippen molar-refractivity contribution in [2.24, 2.45) is 11.1 Å². The van der Waals surface area contributed by atoms with Crippen molar-refractivity contribution < 1.29 is 13.9 Å². The minimum Gasteiger partial charge on any atom is -0.381 e. The molecule has 3 N–H and O–H groups in total. The molecule has 1 amide bonds. The minimum atomic E-state index is -0.516. The molecule has 6 heteroatoms. The summed E-state index contributed by atoms with van der Waals surface area (Å²) in [6, 6.07) is 6.09. The smallest absolute Gasteiger partial charge is 0.227 e. The Morgan fingerprint density at radius 3 is 2.45 bits per heavy atom. The molecule has 0 bridgehead atoms. The predicted molar refractivity (Wildman–Crippen MR) is 77.0 cm³/mol. The fourth-order valence-electron chi connectivity index (χ4n) is 2.26. The summed E-state index contributed by atoms with van der Waals surface area (Å²) < 4.78 is 18.0. The zero-order chi connectivity index (χ0) is 13.7. The van der Waals surface area contributed by atoms with Gasteiger partial charge in [-0.25, -0.2) is 4.39 Å². The van der Waals surface area contributed by atoms with Crippen LogP contribution in [0.5, 0.6) is 0 Å². The van der Waals surface area contributed by atoms with E-state index in [-0.39, 0.29) is 24.1 Å². The molecular weight excluding hydrogens is 283 g/mol. The number of amides is 1. The van der Waals surface area contributed by atoms with Gasteiger partial charge in [-0.3, -0.25) is 4.79 Å². The number of hydrogen-bond acceptors (Lipinski definition) is 3. The molecule has 0 aromatic heterocycles. The molecular formula is C14H20ClFN2O2. The first-order chi connectivity index (χ1) is 9.16. The molecule has 0 aliphatic carbocycles. The van der Waals surface area contributed by atoms with Crippen LogP contribution in [0.25, 0.3) is 0 Å². The summed E-state index contributed by atoms with van der Waals surface area (Å²) in [5, 5.41) is 2.88. The van der Waals surface area contributed by atoms with Crippen LogP contribution in [0.1, 0.15) is 18.4 Å². The van der Waals surface area contributed by atoms with Gasteiger partial charge in [0, 0.05) is 26.3 Å². The maximum absolute atomic E-state index is 12.8. The van der Waals surface area contributed by atoms with E-state index in [2.05, 4.69) is 5.32 Å². The van der Waals surface area contributed by atoms with E-state index in [1.165, 1.54) is 12.1 Å². The van der Waals surface area contributed by atoms with E-state index in [0.29, 0.717) is 39.1 Å². The summed E-state index contributed by atoms with van der Waals surface area (Å²) in [5.74, 6) is -0.319. The van der Waals surface area contributed by atoms with Crippen molar-refractivity contribution in [3.05, 3.63) is 35.6 Å². The van der Waals surface area contributed by atoms with Crippen molar-refractivity contribution in [2.45, 2.75) is 19.4 Å². The van der Waals surface area contributed by atoms with Gasteiger partial charge in [0.15, 0.2) is 0 Å². The monoisotopic (exact) mass is 302 g/mol. The molecule has 0 unspecified atom stereocenters. The summed E-state index contributed by atoms with van der Waals surface area (Å²) >= 11 is 0. The third-order valence-corrected chi connectivity index (χ3v) is 3.69. The molecule has 0 spiro atoms. The molecule has 20 heavy (non-hydrogen) atoms. The number of hydrogen-bond donors (Lipinski definition) is 2. The fourth-order valence-corrected chi connectivity index (χ4v) is 2.26. The average Bonchev–Trinajstić information content (AvgIpc) is 2.47. The second kappa shape index (κ2) is 7.57. The van der Waals surface area contributed by atoms with Gasteiger partial charge in [0.25, 0.3) is 0 Å². The van der Waals surface area contributed by atoms with Crippen LogP contribution in [-0.4, -0.2) is 25.7 Å². The number of carbonyl (C=O) groups is 1. The van der Waals surface area contributed by atoms with E-state index >= 15 is 0 Å². The van der Waals surface area contributed by atoms with Crippen LogP contribution in [0.2, 0.25) is 0 Å². The van der Waals surface area contributed by atoms with Crippen LogP contribution in [-0.2, 0) is 16.1 Å². The Morgan fingerprint density at radius 1 is 1.30 bits per heavy atom. The Balaban J connectivity index is 0.00000200. The highest BCUT2D eigenvalue weighted by Crippen LogP contribution is 2.29. The number of nitrogens with two attached hydrogens (primary N) is 1. The van der Waals surface area contributed by atoms with Crippen LogP contribution in [0.15, 0.2) is 24.3 Å². The molecule has 1 aromatic carbocycles. The first-order valence-electron chi connectivity index (χ1n) is 6.47. The van der Waals surface area contributed by atoms with Crippen molar-refractivity contribution in [1.82, 2.24) is 5.32 Å². The number of rotatable bonds is 4. The molecule has 2 rings (SSSR count). The van der Waals surface area contributed by atoms with Crippen LogP contribution >= 0.6 is 12.4 Å². The average molecular weight is 303 g/mol. The van der Waals surface area contributed by atoms with Gasteiger partial charge >= 0.3 is 0 Å². The van der Waals surface area contributed by atoms with Crippen LogP contribution in [0.3, 0.4) is 0 Å². The molecule has 112 valence electrons. The lowest BCUT2D eigenvalue weighted by Crippen LogP contribution is -2.48. The highest BCUT2D eigenvalue weighted by Gasteiger charge is 2.38.